The van der Waals surface area contributed by atoms with E-state index >= 15 is 0 Å². The van der Waals surface area contributed by atoms with Crippen LogP contribution >= 0.6 is 22.6 Å². The molecule has 94 valence electrons. The van der Waals surface area contributed by atoms with Crippen LogP contribution in [0.5, 0.6) is 5.75 Å². The summed E-state index contributed by atoms with van der Waals surface area (Å²) in [6, 6.07) is 16.8. The van der Waals surface area contributed by atoms with Crippen LogP contribution in [-0.2, 0) is 0 Å². The van der Waals surface area contributed by atoms with Crippen LogP contribution in [-0.4, -0.2) is 14.2 Å². The summed E-state index contributed by atoms with van der Waals surface area (Å²) < 4.78 is 6.55. The number of methoxy groups -OCH3 is 1. The van der Waals surface area contributed by atoms with Gasteiger partial charge in [0.05, 0.1) is 13.2 Å². The molecule has 3 heteroatoms. The number of hydrogen-bond donors (Lipinski definition) is 1. The van der Waals surface area contributed by atoms with Crippen molar-refractivity contribution >= 4 is 22.6 Å². The Morgan fingerprint density at radius 2 is 1.89 bits per heavy atom. The van der Waals surface area contributed by atoms with E-state index in [4.69, 9.17) is 4.74 Å². The quantitative estimate of drug-likeness (QED) is 0.848. The summed E-state index contributed by atoms with van der Waals surface area (Å²) in [6.45, 7) is 0. The summed E-state index contributed by atoms with van der Waals surface area (Å²) in [6.07, 6.45) is 0. The fourth-order valence-corrected chi connectivity index (χ4v) is 2.73. The van der Waals surface area contributed by atoms with Crippen molar-refractivity contribution in [3.05, 3.63) is 63.2 Å². The highest BCUT2D eigenvalue weighted by Gasteiger charge is 2.14. The topological polar surface area (TPSA) is 21.3 Å². The highest BCUT2D eigenvalue weighted by atomic mass is 127. The first-order valence-corrected chi connectivity index (χ1v) is 6.89. The molecule has 2 nitrogen and oxygen atoms in total. The first kappa shape index (κ1) is 13.4. The van der Waals surface area contributed by atoms with E-state index in [0.29, 0.717) is 0 Å². The zero-order chi connectivity index (χ0) is 13.0. The van der Waals surface area contributed by atoms with Gasteiger partial charge in [-0.3, -0.25) is 0 Å². The molecule has 0 bridgehead atoms. The Morgan fingerprint density at radius 3 is 2.56 bits per heavy atom. The molecular weight excluding hydrogens is 337 g/mol. The Labute approximate surface area is 122 Å². The van der Waals surface area contributed by atoms with Gasteiger partial charge in [-0.1, -0.05) is 30.3 Å². The van der Waals surface area contributed by atoms with E-state index in [-0.39, 0.29) is 6.04 Å². The maximum atomic E-state index is 5.29. The van der Waals surface area contributed by atoms with Crippen molar-refractivity contribution in [3.63, 3.8) is 0 Å². The fourth-order valence-electron chi connectivity index (χ4n) is 2.03. The maximum absolute atomic E-state index is 5.29. The van der Waals surface area contributed by atoms with Crippen molar-refractivity contribution < 1.29 is 4.74 Å². The minimum absolute atomic E-state index is 0.188. The van der Waals surface area contributed by atoms with E-state index in [1.807, 2.05) is 19.2 Å². The van der Waals surface area contributed by atoms with Crippen LogP contribution in [0.3, 0.4) is 0 Å². The van der Waals surface area contributed by atoms with Gasteiger partial charge >= 0.3 is 0 Å². The molecule has 2 aromatic carbocycles. The predicted molar refractivity (Wildman–Crippen MR) is 83.1 cm³/mol. The Kier molecular flexibility index (Phi) is 4.60. The minimum Gasteiger partial charge on any atom is -0.497 e. The van der Waals surface area contributed by atoms with Gasteiger partial charge in [-0.25, -0.2) is 0 Å². The molecule has 0 aliphatic heterocycles. The Hall–Kier alpha value is -1.07. The Balaban J connectivity index is 2.42. The van der Waals surface area contributed by atoms with E-state index in [2.05, 4.69) is 64.3 Å². The SMILES string of the molecule is CNC(c1cccc(OC)c1)c1ccccc1I. The maximum Gasteiger partial charge on any atom is 0.119 e. The molecule has 18 heavy (non-hydrogen) atoms. The third-order valence-corrected chi connectivity index (χ3v) is 3.91. The summed E-state index contributed by atoms with van der Waals surface area (Å²) >= 11 is 2.37. The molecule has 0 aliphatic carbocycles. The molecule has 0 aromatic heterocycles. The Morgan fingerprint density at radius 1 is 1.11 bits per heavy atom. The fraction of sp³-hybridized carbons (Fsp3) is 0.200. The van der Waals surface area contributed by atoms with Gasteiger partial charge in [0.2, 0.25) is 0 Å². The first-order chi connectivity index (χ1) is 8.76. The first-order valence-electron chi connectivity index (χ1n) is 5.82. The predicted octanol–water partition coefficient (Wildman–Crippen LogP) is 3.61. The second-order valence-corrected chi connectivity index (χ2v) is 5.18. The monoisotopic (exact) mass is 353 g/mol. The van der Waals surface area contributed by atoms with Crippen LogP contribution in [0.15, 0.2) is 48.5 Å². The summed E-state index contributed by atoms with van der Waals surface area (Å²) in [5.41, 5.74) is 2.50. The molecule has 0 fully saturated rings. The molecule has 0 amide bonds. The van der Waals surface area contributed by atoms with Crippen molar-refractivity contribution in [1.29, 1.82) is 0 Å². The van der Waals surface area contributed by atoms with Crippen LogP contribution in [0.4, 0.5) is 0 Å². The summed E-state index contributed by atoms with van der Waals surface area (Å²) in [4.78, 5) is 0. The van der Waals surface area contributed by atoms with E-state index in [0.717, 1.165) is 5.75 Å². The van der Waals surface area contributed by atoms with Crippen LogP contribution in [0.2, 0.25) is 0 Å². The van der Waals surface area contributed by atoms with Crippen LogP contribution < -0.4 is 10.1 Å². The second kappa shape index (κ2) is 6.20. The van der Waals surface area contributed by atoms with Crippen LogP contribution in [0.1, 0.15) is 17.2 Å². The highest BCUT2D eigenvalue weighted by Crippen LogP contribution is 2.27. The molecule has 0 spiro atoms. The lowest BCUT2D eigenvalue weighted by molar-refractivity contribution is 0.414. The lowest BCUT2D eigenvalue weighted by Crippen LogP contribution is -2.18. The number of ether oxygens (including phenoxy) is 1. The molecule has 2 rings (SSSR count). The standard InChI is InChI=1S/C15H16INO/c1-17-15(13-8-3-4-9-14(13)16)11-6-5-7-12(10-11)18-2/h3-10,15,17H,1-2H3. The second-order valence-electron chi connectivity index (χ2n) is 4.02. The molecule has 0 saturated carbocycles. The van der Waals surface area contributed by atoms with Crippen LogP contribution in [0, 0.1) is 3.57 Å². The van der Waals surface area contributed by atoms with Gasteiger partial charge < -0.3 is 10.1 Å². The number of halogens is 1. The lowest BCUT2D eigenvalue weighted by atomic mass is 9.99. The van der Waals surface area contributed by atoms with Gasteiger partial charge in [-0.2, -0.15) is 0 Å². The van der Waals surface area contributed by atoms with E-state index in [9.17, 15) is 0 Å². The zero-order valence-electron chi connectivity index (χ0n) is 10.5. The molecular formula is C15H16INO. The van der Waals surface area contributed by atoms with Crippen molar-refractivity contribution in [2.24, 2.45) is 0 Å². The normalized spacial score (nSPS) is 12.2. The average Bonchev–Trinajstić information content (AvgIpc) is 2.42. The van der Waals surface area contributed by atoms with Crippen LogP contribution in [0.25, 0.3) is 0 Å². The molecule has 2 aromatic rings. The van der Waals surface area contributed by atoms with Crippen molar-refractivity contribution in [1.82, 2.24) is 5.32 Å². The number of benzene rings is 2. The largest absolute Gasteiger partial charge is 0.497 e. The van der Waals surface area contributed by atoms with Gasteiger partial charge in [0.25, 0.3) is 0 Å². The molecule has 0 aliphatic rings. The molecule has 1 N–H and O–H groups in total. The smallest absolute Gasteiger partial charge is 0.119 e. The van der Waals surface area contributed by atoms with Gasteiger partial charge in [0.15, 0.2) is 0 Å². The number of rotatable bonds is 4. The van der Waals surface area contributed by atoms with Gasteiger partial charge in [0.1, 0.15) is 5.75 Å². The molecule has 1 unspecified atom stereocenters. The summed E-state index contributed by atoms with van der Waals surface area (Å²) in [7, 11) is 3.67. The minimum atomic E-state index is 0.188. The van der Waals surface area contributed by atoms with E-state index in [1.54, 1.807) is 7.11 Å². The third kappa shape index (κ3) is 2.84. The van der Waals surface area contributed by atoms with Gasteiger partial charge in [0, 0.05) is 3.57 Å². The molecule has 1 atom stereocenters. The van der Waals surface area contributed by atoms with Crippen molar-refractivity contribution in [2.45, 2.75) is 6.04 Å². The number of hydrogen-bond acceptors (Lipinski definition) is 2. The number of nitrogens with one attached hydrogen (secondary N) is 1. The highest BCUT2D eigenvalue weighted by molar-refractivity contribution is 14.1. The average molecular weight is 353 g/mol. The third-order valence-electron chi connectivity index (χ3n) is 2.93. The summed E-state index contributed by atoms with van der Waals surface area (Å²) in [5, 5.41) is 3.37. The molecule has 0 radical (unpaired) electrons. The van der Waals surface area contributed by atoms with E-state index in [1.165, 1.54) is 14.7 Å². The van der Waals surface area contributed by atoms with Crippen molar-refractivity contribution in [3.8, 4) is 5.75 Å². The van der Waals surface area contributed by atoms with Gasteiger partial charge in [-0.15, -0.1) is 0 Å². The lowest BCUT2D eigenvalue weighted by Gasteiger charge is -2.19. The van der Waals surface area contributed by atoms with E-state index < -0.39 is 0 Å². The molecule has 0 heterocycles. The zero-order valence-corrected chi connectivity index (χ0v) is 12.6. The molecule has 0 saturated heterocycles. The Bertz CT molecular complexity index is 527. The summed E-state index contributed by atoms with van der Waals surface area (Å²) in [5.74, 6) is 0.888. The van der Waals surface area contributed by atoms with Crippen molar-refractivity contribution in [2.75, 3.05) is 14.2 Å². The van der Waals surface area contributed by atoms with Gasteiger partial charge in [-0.05, 0) is 59.0 Å².